The highest BCUT2D eigenvalue weighted by Gasteiger charge is 2.23. The number of hydrogen-bond donors (Lipinski definition) is 1. The standard InChI is InChI=1S/C20H28N4O2/c25-20(9-8-16-5-3-4-14-26-16)24-12-10-23(11-13-24)15-19-21-17-6-1-2-7-18(17)22-19/h1-2,6-7,16H,3-5,8-15H2,(H,21,22). The van der Waals surface area contributed by atoms with Crippen LogP contribution in [0.25, 0.3) is 11.0 Å². The van der Waals surface area contributed by atoms with Gasteiger partial charge in [0.15, 0.2) is 0 Å². The minimum absolute atomic E-state index is 0.280. The summed E-state index contributed by atoms with van der Waals surface area (Å²) in [4.78, 5) is 24.9. The van der Waals surface area contributed by atoms with Crippen molar-refractivity contribution in [3.05, 3.63) is 30.1 Å². The van der Waals surface area contributed by atoms with E-state index in [1.165, 1.54) is 6.42 Å². The van der Waals surface area contributed by atoms with E-state index in [0.717, 1.165) is 75.5 Å². The van der Waals surface area contributed by atoms with E-state index in [-0.39, 0.29) is 5.91 Å². The Balaban J connectivity index is 1.22. The lowest BCUT2D eigenvalue weighted by Crippen LogP contribution is -2.48. The van der Waals surface area contributed by atoms with Crippen LogP contribution in [0.5, 0.6) is 0 Å². The topological polar surface area (TPSA) is 61.5 Å². The van der Waals surface area contributed by atoms with E-state index < -0.39 is 0 Å². The van der Waals surface area contributed by atoms with E-state index >= 15 is 0 Å². The van der Waals surface area contributed by atoms with E-state index in [2.05, 4.69) is 20.9 Å². The molecule has 2 aromatic rings. The third-order valence-corrected chi connectivity index (χ3v) is 5.49. The van der Waals surface area contributed by atoms with Gasteiger partial charge in [-0.25, -0.2) is 4.98 Å². The Morgan fingerprint density at radius 1 is 1.19 bits per heavy atom. The summed E-state index contributed by atoms with van der Waals surface area (Å²) in [5, 5.41) is 0. The van der Waals surface area contributed by atoms with Gasteiger partial charge in [-0.15, -0.1) is 0 Å². The Hall–Kier alpha value is -1.92. The number of para-hydroxylation sites is 2. The third-order valence-electron chi connectivity index (χ3n) is 5.49. The molecule has 2 aliphatic heterocycles. The molecule has 0 saturated carbocycles. The molecule has 0 radical (unpaired) electrons. The number of hydrogen-bond acceptors (Lipinski definition) is 4. The van der Waals surface area contributed by atoms with E-state index in [4.69, 9.17) is 4.74 Å². The van der Waals surface area contributed by atoms with Crippen LogP contribution in [0.15, 0.2) is 24.3 Å². The van der Waals surface area contributed by atoms with Crippen molar-refractivity contribution in [2.24, 2.45) is 0 Å². The molecule has 6 heteroatoms. The number of H-pyrrole nitrogens is 1. The van der Waals surface area contributed by atoms with E-state index in [1.54, 1.807) is 0 Å². The molecule has 1 aromatic carbocycles. The number of imidazole rings is 1. The summed E-state index contributed by atoms with van der Waals surface area (Å²) in [6.07, 6.45) is 5.30. The molecule has 6 nitrogen and oxygen atoms in total. The Labute approximate surface area is 154 Å². The second-order valence-electron chi connectivity index (χ2n) is 7.38. The molecule has 1 amide bonds. The Morgan fingerprint density at radius 3 is 2.81 bits per heavy atom. The Morgan fingerprint density at radius 2 is 2.04 bits per heavy atom. The van der Waals surface area contributed by atoms with Gasteiger partial charge in [0, 0.05) is 39.2 Å². The molecule has 0 bridgehead atoms. The highest BCUT2D eigenvalue weighted by atomic mass is 16.5. The first-order chi connectivity index (χ1) is 12.8. The summed E-state index contributed by atoms with van der Waals surface area (Å²) in [5.74, 6) is 1.28. The summed E-state index contributed by atoms with van der Waals surface area (Å²) < 4.78 is 5.73. The Kier molecular flexibility index (Phi) is 5.51. The number of ether oxygens (including phenoxy) is 1. The van der Waals surface area contributed by atoms with Gasteiger partial charge in [-0.2, -0.15) is 0 Å². The second kappa shape index (κ2) is 8.18. The molecular weight excluding hydrogens is 328 g/mol. The summed E-state index contributed by atoms with van der Waals surface area (Å²) in [6, 6.07) is 8.11. The number of rotatable bonds is 5. The quantitative estimate of drug-likeness (QED) is 0.894. The Bertz CT molecular complexity index is 697. The first-order valence-electron chi connectivity index (χ1n) is 9.83. The van der Waals surface area contributed by atoms with Gasteiger partial charge in [0.2, 0.25) is 5.91 Å². The van der Waals surface area contributed by atoms with Crippen molar-refractivity contribution in [3.8, 4) is 0 Å². The fourth-order valence-corrected chi connectivity index (χ4v) is 3.93. The van der Waals surface area contributed by atoms with Crippen LogP contribution in [0, 0.1) is 0 Å². The molecule has 0 spiro atoms. The SMILES string of the molecule is O=C(CCC1CCCCO1)N1CCN(Cc2nc3ccccc3[nH]2)CC1. The number of amides is 1. The first kappa shape index (κ1) is 17.5. The van der Waals surface area contributed by atoms with Gasteiger partial charge in [0.05, 0.1) is 23.7 Å². The van der Waals surface area contributed by atoms with Crippen LogP contribution in [0.3, 0.4) is 0 Å². The smallest absolute Gasteiger partial charge is 0.222 e. The van der Waals surface area contributed by atoms with Gasteiger partial charge in [-0.05, 0) is 37.8 Å². The lowest BCUT2D eigenvalue weighted by molar-refractivity contribution is -0.134. The number of carbonyl (C=O) groups is 1. The van der Waals surface area contributed by atoms with Crippen LogP contribution in [0.2, 0.25) is 0 Å². The zero-order valence-electron chi connectivity index (χ0n) is 15.3. The summed E-state index contributed by atoms with van der Waals surface area (Å²) in [5.41, 5.74) is 2.10. The molecule has 3 heterocycles. The number of piperazine rings is 1. The van der Waals surface area contributed by atoms with Crippen molar-refractivity contribution < 1.29 is 9.53 Å². The van der Waals surface area contributed by atoms with Gasteiger partial charge >= 0.3 is 0 Å². The van der Waals surface area contributed by atoms with Crippen LogP contribution < -0.4 is 0 Å². The predicted molar refractivity (Wildman–Crippen MR) is 101 cm³/mol. The maximum atomic E-state index is 12.5. The molecule has 1 aromatic heterocycles. The minimum Gasteiger partial charge on any atom is -0.378 e. The average molecular weight is 356 g/mol. The molecule has 1 atom stereocenters. The van der Waals surface area contributed by atoms with Gasteiger partial charge in [0.25, 0.3) is 0 Å². The average Bonchev–Trinajstić information content (AvgIpc) is 3.10. The molecule has 2 aliphatic rings. The number of aromatic nitrogens is 2. The number of carbonyl (C=O) groups excluding carboxylic acids is 1. The van der Waals surface area contributed by atoms with Crippen LogP contribution in [-0.4, -0.2) is 64.6 Å². The summed E-state index contributed by atoms with van der Waals surface area (Å²) in [6.45, 7) is 5.10. The highest BCUT2D eigenvalue weighted by molar-refractivity contribution is 5.76. The number of aromatic amines is 1. The highest BCUT2D eigenvalue weighted by Crippen LogP contribution is 2.18. The molecule has 1 unspecified atom stereocenters. The number of nitrogens with zero attached hydrogens (tertiary/aromatic N) is 3. The lowest BCUT2D eigenvalue weighted by Gasteiger charge is -2.34. The van der Waals surface area contributed by atoms with Crippen LogP contribution in [0.1, 0.15) is 37.9 Å². The number of benzene rings is 1. The van der Waals surface area contributed by atoms with Gasteiger partial charge in [-0.1, -0.05) is 12.1 Å². The molecule has 2 fully saturated rings. The second-order valence-corrected chi connectivity index (χ2v) is 7.38. The van der Waals surface area contributed by atoms with E-state index in [9.17, 15) is 4.79 Å². The lowest BCUT2D eigenvalue weighted by atomic mass is 10.0. The normalized spacial score (nSPS) is 22.0. The molecule has 0 aliphatic carbocycles. The van der Waals surface area contributed by atoms with Crippen molar-refractivity contribution in [2.75, 3.05) is 32.8 Å². The summed E-state index contributed by atoms with van der Waals surface area (Å²) in [7, 11) is 0. The maximum absolute atomic E-state index is 12.5. The fourth-order valence-electron chi connectivity index (χ4n) is 3.93. The molecule has 26 heavy (non-hydrogen) atoms. The van der Waals surface area contributed by atoms with Crippen molar-refractivity contribution in [3.63, 3.8) is 0 Å². The van der Waals surface area contributed by atoms with E-state index in [1.807, 2.05) is 23.1 Å². The van der Waals surface area contributed by atoms with Gasteiger partial charge < -0.3 is 14.6 Å². The summed E-state index contributed by atoms with van der Waals surface area (Å²) >= 11 is 0. The molecular formula is C20H28N4O2. The van der Waals surface area contributed by atoms with Crippen LogP contribution in [0.4, 0.5) is 0 Å². The monoisotopic (exact) mass is 356 g/mol. The third kappa shape index (κ3) is 4.24. The number of fused-ring (bicyclic) bond motifs is 1. The predicted octanol–water partition coefficient (Wildman–Crippen LogP) is 2.56. The minimum atomic E-state index is 0.280. The molecule has 4 rings (SSSR count). The van der Waals surface area contributed by atoms with Crippen LogP contribution in [-0.2, 0) is 16.1 Å². The zero-order valence-corrected chi connectivity index (χ0v) is 15.3. The van der Waals surface area contributed by atoms with Crippen molar-refractivity contribution in [2.45, 2.75) is 44.8 Å². The zero-order chi connectivity index (χ0) is 17.8. The van der Waals surface area contributed by atoms with Crippen LogP contribution >= 0.6 is 0 Å². The van der Waals surface area contributed by atoms with Crippen molar-refractivity contribution in [1.29, 1.82) is 0 Å². The maximum Gasteiger partial charge on any atom is 0.222 e. The molecule has 140 valence electrons. The largest absolute Gasteiger partial charge is 0.378 e. The van der Waals surface area contributed by atoms with Gasteiger partial charge in [-0.3, -0.25) is 9.69 Å². The fraction of sp³-hybridized carbons (Fsp3) is 0.600. The van der Waals surface area contributed by atoms with Crippen molar-refractivity contribution >= 4 is 16.9 Å². The number of nitrogens with one attached hydrogen (secondary N) is 1. The molecule has 2 saturated heterocycles. The van der Waals surface area contributed by atoms with Crippen molar-refractivity contribution in [1.82, 2.24) is 19.8 Å². The molecule has 1 N–H and O–H groups in total. The van der Waals surface area contributed by atoms with E-state index in [0.29, 0.717) is 12.5 Å². The van der Waals surface area contributed by atoms with Gasteiger partial charge in [0.1, 0.15) is 5.82 Å². The first-order valence-corrected chi connectivity index (χ1v) is 9.83.